The maximum absolute atomic E-state index is 12.2. The highest BCUT2D eigenvalue weighted by Gasteiger charge is 2.63. The second kappa shape index (κ2) is 3.56. The lowest BCUT2D eigenvalue weighted by atomic mass is 9.80. The molecule has 0 aromatic carbocycles. The average Bonchev–Trinajstić information content (AvgIpc) is 2.61. The Morgan fingerprint density at radius 2 is 1.74 bits per heavy atom. The fraction of sp³-hybridized carbons (Fsp3) is 0.846. The minimum atomic E-state index is -1.22. The first-order valence-corrected chi connectivity index (χ1v) is 6.45. The fourth-order valence-corrected chi connectivity index (χ4v) is 3.12. The lowest BCUT2D eigenvalue weighted by Crippen LogP contribution is -2.52. The summed E-state index contributed by atoms with van der Waals surface area (Å²) in [6, 6.07) is 0. The monoisotopic (exact) mass is 270 g/mol. The van der Waals surface area contributed by atoms with Gasteiger partial charge < -0.3 is 18.9 Å². The Labute approximate surface area is 111 Å². The Kier molecular flexibility index (Phi) is 2.44. The lowest BCUT2D eigenvalue weighted by molar-refractivity contribution is -0.179. The van der Waals surface area contributed by atoms with Gasteiger partial charge in [0.2, 0.25) is 5.79 Å². The van der Waals surface area contributed by atoms with Crippen molar-refractivity contribution in [2.75, 3.05) is 0 Å². The molecule has 2 heterocycles. The van der Waals surface area contributed by atoms with Crippen molar-refractivity contribution in [2.45, 2.75) is 69.9 Å². The van der Waals surface area contributed by atoms with Gasteiger partial charge in [0.15, 0.2) is 17.2 Å². The second-order valence-electron chi connectivity index (χ2n) is 6.33. The minimum absolute atomic E-state index is 0.0180. The summed E-state index contributed by atoms with van der Waals surface area (Å²) in [5.74, 6) is -2.47. The topological polar surface area (TPSA) is 71.1 Å². The third-order valence-corrected chi connectivity index (χ3v) is 3.64. The van der Waals surface area contributed by atoms with Crippen molar-refractivity contribution in [1.82, 2.24) is 0 Å². The smallest absolute Gasteiger partial charge is 0.341 e. The lowest BCUT2D eigenvalue weighted by Gasteiger charge is -2.33. The average molecular weight is 270 g/mol. The fourth-order valence-electron chi connectivity index (χ4n) is 3.12. The van der Waals surface area contributed by atoms with Crippen LogP contribution in [-0.2, 0) is 28.5 Å². The molecule has 0 N–H and O–H groups in total. The van der Waals surface area contributed by atoms with Crippen LogP contribution in [-0.4, -0.2) is 41.1 Å². The number of carbonyl (C=O) groups is 2. The van der Waals surface area contributed by atoms with Gasteiger partial charge in [-0.15, -0.1) is 0 Å². The number of hydrogen-bond donors (Lipinski definition) is 0. The van der Waals surface area contributed by atoms with Gasteiger partial charge in [0, 0.05) is 26.7 Å². The van der Waals surface area contributed by atoms with E-state index < -0.39 is 35.4 Å². The van der Waals surface area contributed by atoms with E-state index in [2.05, 4.69) is 0 Å². The third-order valence-electron chi connectivity index (χ3n) is 3.64. The zero-order valence-electron chi connectivity index (χ0n) is 11.5. The molecule has 2 aliphatic heterocycles. The van der Waals surface area contributed by atoms with E-state index in [-0.39, 0.29) is 18.6 Å². The second-order valence-corrected chi connectivity index (χ2v) is 6.33. The van der Waals surface area contributed by atoms with E-state index in [4.69, 9.17) is 18.9 Å². The number of ketones is 1. The van der Waals surface area contributed by atoms with Crippen LogP contribution in [0.1, 0.15) is 40.5 Å². The van der Waals surface area contributed by atoms with Crippen molar-refractivity contribution >= 4 is 11.8 Å². The largest absolute Gasteiger partial charge is 0.431 e. The summed E-state index contributed by atoms with van der Waals surface area (Å²) < 4.78 is 22.2. The van der Waals surface area contributed by atoms with E-state index in [9.17, 15) is 9.59 Å². The predicted octanol–water partition coefficient (Wildman–Crippen LogP) is 0.918. The molecule has 0 amide bonds. The Morgan fingerprint density at radius 1 is 1.05 bits per heavy atom. The van der Waals surface area contributed by atoms with Crippen LogP contribution in [0.5, 0.6) is 0 Å². The van der Waals surface area contributed by atoms with Crippen molar-refractivity contribution < 1.29 is 28.5 Å². The normalized spacial score (nSPS) is 43.4. The molecule has 106 valence electrons. The van der Waals surface area contributed by atoms with Gasteiger partial charge in [0.25, 0.3) is 0 Å². The zero-order valence-corrected chi connectivity index (χ0v) is 11.5. The Hall–Kier alpha value is -0.980. The summed E-state index contributed by atoms with van der Waals surface area (Å²) >= 11 is 0. The van der Waals surface area contributed by atoms with Gasteiger partial charge in [0.05, 0.1) is 6.10 Å². The van der Waals surface area contributed by atoms with Crippen molar-refractivity contribution in [2.24, 2.45) is 0 Å². The Morgan fingerprint density at radius 3 is 2.32 bits per heavy atom. The number of rotatable bonds is 0. The van der Waals surface area contributed by atoms with Crippen LogP contribution < -0.4 is 0 Å². The predicted molar refractivity (Wildman–Crippen MR) is 62.1 cm³/mol. The summed E-state index contributed by atoms with van der Waals surface area (Å²) in [7, 11) is 0. The number of Topliss-reactive ketones (excluding diaryl/α,β-unsaturated/α-hetero) is 1. The number of esters is 1. The van der Waals surface area contributed by atoms with E-state index in [0.717, 1.165) is 0 Å². The molecule has 0 bridgehead atoms. The highest BCUT2D eigenvalue weighted by atomic mass is 16.8. The van der Waals surface area contributed by atoms with Gasteiger partial charge in [-0.25, -0.2) is 4.79 Å². The Balaban J connectivity index is 1.89. The van der Waals surface area contributed by atoms with Crippen molar-refractivity contribution in [3.05, 3.63) is 0 Å². The van der Waals surface area contributed by atoms with Gasteiger partial charge >= 0.3 is 5.97 Å². The van der Waals surface area contributed by atoms with Gasteiger partial charge in [0.1, 0.15) is 6.10 Å². The summed E-state index contributed by atoms with van der Waals surface area (Å²) in [6.07, 6.45) is -0.802. The highest BCUT2D eigenvalue weighted by molar-refractivity contribution is 5.94. The number of carbonyl (C=O) groups excluding carboxylic acids is 2. The summed E-state index contributed by atoms with van der Waals surface area (Å²) in [4.78, 5) is 24.3. The van der Waals surface area contributed by atoms with Crippen molar-refractivity contribution in [3.63, 3.8) is 0 Å². The molecule has 19 heavy (non-hydrogen) atoms. The van der Waals surface area contributed by atoms with E-state index in [1.54, 1.807) is 27.7 Å². The molecular weight excluding hydrogens is 252 g/mol. The van der Waals surface area contributed by atoms with Gasteiger partial charge in [-0.3, -0.25) is 4.79 Å². The van der Waals surface area contributed by atoms with E-state index >= 15 is 0 Å². The van der Waals surface area contributed by atoms with Crippen LogP contribution in [0.3, 0.4) is 0 Å². The maximum Gasteiger partial charge on any atom is 0.341 e. The molecule has 2 saturated heterocycles. The molecule has 3 atom stereocenters. The van der Waals surface area contributed by atoms with Crippen LogP contribution in [0.2, 0.25) is 0 Å². The molecule has 3 rings (SSSR count). The zero-order chi connectivity index (χ0) is 14.1. The molecule has 3 aliphatic rings. The highest BCUT2D eigenvalue weighted by Crippen LogP contribution is 2.46. The molecule has 0 unspecified atom stereocenters. The van der Waals surface area contributed by atoms with Crippen LogP contribution in [0.15, 0.2) is 0 Å². The summed E-state index contributed by atoms with van der Waals surface area (Å²) in [5.41, 5.74) is -1.22. The van der Waals surface area contributed by atoms with Crippen LogP contribution in [0.4, 0.5) is 0 Å². The molecule has 1 aliphatic carbocycles. The molecule has 6 heteroatoms. The standard InChI is InChI=1S/C13H18O6/c1-11(2)16-8-6-13(5-7(14)9(8)17-11)10(15)18-12(3,4)19-13/h8-9H,5-6H2,1-4H3/t8-,9+,13-/m1/s1. The number of cyclic esters (lactones) is 1. The molecule has 3 fully saturated rings. The van der Waals surface area contributed by atoms with E-state index in [1.165, 1.54) is 0 Å². The number of ether oxygens (including phenoxy) is 4. The van der Waals surface area contributed by atoms with E-state index in [0.29, 0.717) is 0 Å². The minimum Gasteiger partial charge on any atom is -0.431 e. The van der Waals surface area contributed by atoms with Crippen molar-refractivity contribution in [3.8, 4) is 0 Å². The number of fused-ring (bicyclic) bond motifs is 1. The molecule has 0 radical (unpaired) electrons. The number of hydrogen-bond acceptors (Lipinski definition) is 6. The first-order chi connectivity index (χ1) is 8.63. The molecule has 6 nitrogen and oxygen atoms in total. The quantitative estimate of drug-likeness (QED) is 0.609. The van der Waals surface area contributed by atoms with E-state index in [1.807, 2.05) is 0 Å². The molecule has 0 aromatic heterocycles. The molecular formula is C13H18O6. The maximum atomic E-state index is 12.2. The van der Waals surface area contributed by atoms with Crippen molar-refractivity contribution in [1.29, 1.82) is 0 Å². The SMILES string of the molecule is CC1(C)O[C@@H]2C[C@@]3(CC(=O)[C@@H]2O1)OC(C)(C)OC3=O. The molecule has 1 spiro atoms. The van der Waals surface area contributed by atoms with Crippen LogP contribution in [0, 0.1) is 0 Å². The van der Waals surface area contributed by atoms with Gasteiger partial charge in [-0.2, -0.15) is 0 Å². The summed E-state index contributed by atoms with van der Waals surface area (Å²) in [5, 5.41) is 0. The van der Waals surface area contributed by atoms with Crippen LogP contribution >= 0.6 is 0 Å². The van der Waals surface area contributed by atoms with Gasteiger partial charge in [-0.05, 0) is 13.8 Å². The molecule has 1 saturated carbocycles. The van der Waals surface area contributed by atoms with Crippen LogP contribution in [0.25, 0.3) is 0 Å². The Bertz CT molecular complexity index is 454. The third kappa shape index (κ3) is 1.98. The first kappa shape index (κ1) is 13.0. The first-order valence-electron chi connectivity index (χ1n) is 6.45. The summed E-state index contributed by atoms with van der Waals surface area (Å²) in [6.45, 7) is 6.82. The van der Waals surface area contributed by atoms with Gasteiger partial charge in [-0.1, -0.05) is 0 Å². The molecule has 0 aromatic rings.